The van der Waals surface area contributed by atoms with E-state index in [1.807, 2.05) is 6.92 Å². The minimum atomic E-state index is -1.54. The Labute approximate surface area is 202 Å². The number of halogens is 2. The average Bonchev–Trinajstić information content (AvgIpc) is 2.80. The SMILES string of the molecule is CCOc1cccc(N(Cl)C(=O)C(N=Nc2c(OC)ccc(Cl)c2OC)C(C)=O)c1OCC. The van der Waals surface area contributed by atoms with Gasteiger partial charge >= 0.3 is 0 Å². The molecule has 178 valence electrons. The highest BCUT2D eigenvalue weighted by molar-refractivity contribution is 6.39. The molecule has 0 spiro atoms. The van der Waals surface area contributed by atoms with Gasteiger partial charge in [-0.05, 0) is 45.0 Å². The number of carbonyl (C=O) groups excluding carboxylic acids is 2. The third-order valence-electron chi connectivity index (χ3n) is 4.31. The van der Waals surface area contributed by atoms with Crippen molar-refractivity contribution in [2.24, 2.45) is 10.2 Å². The Morgan fingerprint density at radius 1 is 1.00 bits per heavy atom. The van der Waals surface area contributed by atoms with Crippen molar-refractivity contribution < 1.29 is 28.5 Å². The average molecular weight is 498 g/mol. The van der Waals surface area contributed by atoms with Crippen LogP contribution in [0, 0.1) is 0 Å². The Morgan fingerprint density at radius 2 is 1.70 bits per heavy atom. The van der Waals surface area contributed by atoms with Crippen molar-refractivity contribution in [3.8, 4) is 23.0 Å². The molecule has 33 heavy (non-hydrogen) atoms. The fourth-order valence-corrected chi connectivity index (χ4v) is 3.30. The Hall–Kier alpha value is -3.04. The maximum Gasteiger partial charge on any atom is 0.276 e. The first-order chi connectivity index (χ1) is 15.8. The van der Waals surface area contributed by atoms with E-state index < -0.39 is 17.7 Å². The second-order valence-electron chi connectivity index (χ2n) is 6.45. The van der Waals surface area contributed by atoms with Crippen LogP contribution in [0.4, 0.5) is 11.4 Å². The Bertz CT molecular complexity index is 1030. The van der Waals surface area contributed by atoms with Crippen molar-refractivity contribution in [3.05, 3.63) is 35.4 Å². The van der Waals surface area contributed by atoms with Gasteiger partial charge < -0.3 is 18.9 Å². The summed E-state index contributed by atoms with van der Waals surface area (Å²) in [7, 11) is 2.82. The van der Waals surface area contributed by atoms with Gasteiger partial charge in [-0.15, -0.1) is 5.11 Å². The van der Waals surface area contributed by atoms with E-state index in [-0.39, 0.29) is 27.9 Å². The predicted molar refractivity (Wildman–Crippen MR) is 126 cm³/mol. The summed E-state index contributed by atoms with van der Waals surface area (Å²) in [6, 6.07) is 6.49. The van der Waals surface area contributed by atoms with Crippen LogP contribution in [-0.2, 0) is 9.59 Å². The lowest BCUT2D eigenvalue weighted by molar-refractivity contribution is -0.126. The fraction of sp³-hybridized carbons (Fsp3) is 0.364. The van der Waals surface area contributed by atoms with Gasteiger partial charge in [-0.1, -0.05) is 17.7 Å². The van der Waals surface area contributed by atoms with Crippen LogP contribution in [0.1, 0.15) is 20.8 Å². The Kier molecular flexibility index (Phi) is 9.74. The maximum atomic E-state index is 13.1. The monoisotopic (exact) mass is 497 g/mol. The highest BCUT2D eigenvalue weighted by Crippen LogP contribution is 2.43. The van der Waals surface area contributed by atoms with Gasteiger partial charge in [0.05, 0.1) is 32.5 Å². The fourth-order valence-electron chi connectivity index (χ4n) is 2.85. The van der Waals surface area contributed by atoms with E-state index in [2.05, 4.69) is 10.2 Å². The van der Waals surface area contributed by atoms with E-state index in [0.717, 1.165) is 4.42 Å². The molecule has 0 bridgehead atoms. The summed E-state index contributed by atoms with van der Waals surface area (Å²) < 4.78 is 22.5. The number of para-hydroxylation sites is 1. The number of hydrogen-bond donors (Lipinski definition) is 0. The van der Waals surface area contributed by atoms with Gasteiger partial charge in [0.15, 0.2) is 28.7 Å². The first-order valence-corrected chi connectivity index (χ1v) is 10.7. The van der Waals surface area contributed by atoms with Crippen molar-refractivity contribution in [3.63, 3.8) is 0 Å². The molecule has 11 heteroatoms. The van der Waals surface area contributed by atoms with Gasteiger partial charge in [0.1, 0.15) is 11.4 Å². The van der Waals surface area contributed by atoms with E-state index in [4.69, 9.17) is 42.3 Å². The summed E-state index contributed by atoms with van der Waals surface area (Å²) in [6.07, 6.45) is 0. The molecule has 1 amide bonds. The first kappa shape index (κ1) is 26.2. The number of azo groups is 1. The van der Waals surface area contributed by atoms with Crippen LogP contribution in [0.25, 0.3) is 0 Å². The molecule has 2 aromatic rings. The number of anilines is 1. The molecule has 1 unspecified atom stereocenters. The number of carbonyl (C=O) groups is 2. The van der Waals surface area contributed by atoms with E-state index in [0.29, 0.717) is 24.7 Å². The summed E-state index contributed by atoms with van der Waals surface area (Å²) in [5.41, 5.74) is 0.329. The van der Waals surface area contributed by atoms with E-state index >= 15 is 0 Å². The van der Waals surface area contributed by atoms with E-state index in [9.17, 15) is 9.59 Å². The summed E-state index contributed by atoms with van der Waals surface area (Å²) in [5.74, 6) is -0.260. The number of rotatable bonds is 11. The Balaban J connectivity index is 2.46. The third kappa shape index (κ3) is 6.06. The molecule has 0 aliphatic carbocycles. The number of hydrogen-bond acceptors (Lipinski definition) is 8. The molecule has 0 aliphatic heterocycles. The number of benzene rings is 2. The lowest BCUT2D eigenvalue weighted by atomic mass is 10.2. The molecule has 0 saturated carbocycles. The van der Waals surface area contributed by atoms with Crippen molar-refractivity contribution in [2.45, 2.75) is 26.8 Å². The molecule has 0 heterocycles. The molecular formula is C22H25Cl2N3O6. The first-order valence-electron chi connectivity index (χ1n) is 10.0. The minimum Gasteiger partial charge on any atom is -0.494 e. The lowest BCUT2D eigenvalue weighted by Gasteiger charge is -2.21. The maximum absolute atomic E-state index is 13.1. The van der Waals surface area contributed by atoms with E-state index in [1.54, 1.807) is 37.3 Å². The van der Waals surface area contributed by atoms with Crippen LogP contribution in [0.3, 0.4) is 0 Å². The number of Topliss-reactive ketones (excluding diaryl/α,β-unsaturated/α-hetero) is 1. The molecule has 0 aliphatic rings. The number of nitrogens with zero attached hydrogens (tertiary/aromatic N) is 3. The summed E-state index contributed by atoms with van der Waals surface area (Å²) in [6.45, 7) is 5.49. The largest absolute Gasteiger partial charge is 0.494 e. The van der Waals surface area contributed by atoms with Crippen molar-refractivity contribution in [2.75, 3.05) is 31.9 Å². The molecule has 1 atom stereocenters. The standard InChI is InChI=1S/C22H25Cl2N3O6/c1-6-32-17-10-8-9-15(21(17)33-7-2)27(24)22(29)18(13(3)28)25-26-19-16(30-4)12-11-14(23)20(19)31-5/h8-12,18H,6-7H2,1-5H3. The zero-order valence-corrected chi connectivity index (χ0v) is 20.4. The molecule has 0 aromatic heterocycles. The van der Waals surface area contributed by atoms with Crippen LogP contribution in [-0.4, -0.2) is 45.2 Å². The normalized spacial score (nSPS) is 11.7. The summed E-state index contributed by atoms with van der Waals surface area (Å²) in [5, 5.41) is 8.24. The van der Waals surface area contributed by atoms with Gasteiger partial charge in [0.2, 0.25) is 6.04 Å². The second kappa shape index (κ2) is 12.3. The third-order valence-corrected chi connectivity index (χ3v) is 4.96. The van der Waals surface area contributed by atoms with Crippen LogP contribution in [0.2, 0.25) is 5.02 Å². The quantitative estimate of drug-likeness (QED) is 0.234. The van der Waals surface area contributed by atoms with Crippen LogP contribution >= 0.6 is 23.4 Å². The van der Waals surface area contributed by atoms with E-state index in [1.165, 1.54) is 21.1 Å². The zero-order valence-electron chi connectivity index (χ0n) is 18.9. The molecule has 2 rings (SSSR count). The van der Waals surface area contributed by atoms with Gasteiger partial charge in [-0.3, -0.25) is 9.59 Å². The topological polar surface area (TPSA) is 99.0 Å². The zero-order chi connectivity index (χ0) is 24.5. The number of ketones is 1. The highest BCUT2D eigenvalue weighted by Gasteiger charge is 2.31. The molecule has 0 N–H and O–H groups in total. The minimum absolute atomic E-state index is 0.126. The molecule has 0 saturated heterocycles. The van der Waals surface area contributed by atoms with Crippen LogP contribution < -0.4 is 23.4 Å². The predicted octanol–water partition coefficient (Wildman–Crippen LogP) is 5.38. The van der Waals surface area contributed by atoms with Crippen molar-refractivity contribution >= 4 is 46.4 Å². The van der Waals surface area contributed by atoms with Crippen LogP contribution in [0.15, 0.2) is 40.6 Å². The van der Waals surface area contributed by atoms with Crippen molar-refractivity contribution in [1.29, 1.82) is 0 Å². The van der Waals surface area contributed by atoms with Crippen molar-refractivity contribution in [1.82, 2.24) is 0 Å². The Morgan fingerprint density at radius 3 is 2.27 bits per heavy atom. The summed E-state index contributed by atoms with van der Waals surface area (Å²) in [4.78, 5) is 25.4. The van der Waals surface area contributed by atoms with Gasteiger partial charge in [-0.25, -0.2) is 4.42 Å². The molecule has 2 aromatic carbocycles. The van der Waals surface area contributed by atoms with Gasteiger partial charge in [0, 0.05) is 11.8 Å². The summed E-state index contributed by atoms with van der Waals surface area (Å²) >= 11 is 12.5. The molecule has 0 radical (unpaired) electrons. The smallest absolute Gasteiger partial charge is 0.276 e. The van der Waals surface area contributed by atoms with Crippen LogP contribution in [0.5, 0.6) is 23.0 Å². The molecule has 0 fully saturated rings. The van der Waals surface area contributed by atoms with Gasteiger partial charge in [-0.2, -0.15) is 5.11 Å². The van der Waals surface area contributed by atoms with Gasteiger partial charge in [0.25, 0.3) is 5.91 Å². The molecular weight excluding hydrogens is 473 g/mol. The second-order valence-corrected chi connectivity index (χ2v) is 7.19. The number of methoxy groups -OCH3 is 2. The number of ether oxygens (including phenoxy) is 4. The lowest BCUT2D eigenvalue weighted by Crippen LogP contribution is -2.36. The molecule has 9 nitrogen and oxygen atoms in total. The highest BCUT2D eigenvalue weighted by atomic mass is 35.5. The number of amides is 1.